The maximum atomic E-state index is 13.6. The summed E-state index contributed by atoms with van der Waals surface area (Å²) in [5.41, 5.74) is 3.36. The molecular formula is C38H46Cl2N8O6S2. The highest BCUT2D eigenvalue weighted by atomic mass is 35.5. The van der Waals surface area contributed by atoms with Crippen molar-refractivity contribution in [2.24, 2.45) is 11.8 Å². The van der Waals surface area contributed by atoms with Crippen LogP contribution in [0.25, 0.3) is 20.7 Å². The molecule has 0 bridgehead atoms. The van der Waals surface area contributed by atoms with E-state index in [-0.39, 0.29) is 60.5 Å². The number of aromatic nitrogens is 4. The minimum absolute atomic E-state index is 0. The van der Waals surface area contributed by atoms with Crippen molar-refractivity contribution in [2.45, 2.75) is 77.5 Å². The number of rotatable bonds is 9. The molecule has 4 aromatic heterocycles. The molecule has 14 nitrogen and oxygen atoms in total. The molecule has 56 heavy (non-hydrogen) atoms. The van der Waals surface area contributed by atoms with Crippen molar-refractivity contribution in [2.75, 3.05) is 27.3 Å². The summed E-state index contributed by atoms with van der Waals surface area (Å²) in [6.07, 6.45) is 5.37. The molecule has 6 heterocycles. The number of carbonyl (C=O) groups excluding carboxylic acids is 4. The van der Waals surface area contributed by atoms with Crippen molar-refractivity contribution >= 4 is 80.9 Å². The van der Waals surface area contributed by atoms with E-state index in [4.69, 9.17) is 14.5 Å². The lowest BCUT2D eigenvalue weighted by atomic mass is 10.0. The first-order chi connectivity index (χ1) is 26.0. The second-order valence-electron chi connectivity index (χ2n) is 13.9. The van der Waals surface area contributed by atoms with Crippen LogP contribution in [0.3, 0.4) is 0 Å². The summed E-state index contributed by atoms with van der Waals surface area (Å²) < 4.78 is 11.6. The number of methoxy groups -OCH3 is 2. The molecule has 0 spiro atoms. The molecule has 2 aliphatic heterocycles. The maximum Gasteiger partial charge on any atom is 0.407 e. The SMILES string of the molecule is COC(=O)NC(C(=O)N1CCCC1c1ncc(C#CC#Cc2csc3c(-c4cnc(C5CCCN5C(=O)C(NC(=O)OC)C(C)C)[nH]4)csc23)[nH]1)C(C)C.Cl.Cl. The monoisotopic (exact) mass is 844 g/mol. The van der Waals surface area contributed by atoms with Gasteiger partial charge in [-0.15, -0.1) is 47.5 Å². The van der Waals surface area contributed by atoms with Crippen LogP contribution in [-0.4, -0.2) is 93.1 Å². The number of halogens is 2. The number of H-pyrrole nitrogens is 2. The van der Waals surface area contributed by atoms with Gasteiger partial charge >= 0.3 is 12.2 Å². The second kappa shape index (κ2) is 19.4. The standard InChI is InChI=1S/C38H44N8O6S2.2ClH/c1-21(2)29(43-37(49)51-5)35(47)45-15-9-13-27(45)33-39-17-24(41-33)12-8-7-11-23-19-53-32-25(20-54-31(23)32)26-18-40-34(42-26)28-14-10-16-46(28)36(48)30(22(3)4)44-38(50)52-6;;/h17-22,27-30H,9-10,13-16H2,1-6H3,(H,39,41)(H,40,42)(H,43,49)(H,44,50);2*1H. The first kappa shape index (κ1) is 44.0. The maximum absolute atomic E-state index is 13.6. The third-order valence-electron chi connectivity index (χ3n) is 9.71. The molecule has 0 radical (unpaired) electrons. The molecule has 2 aliphatic rings. The smallest absolute Gasteiger partial charge is 0.407 e. The second-order valence-corrected chi connectivity index (χ2v) is 15.7. The Morgan fingerprint density at radius 2 is 1.29 bits per heavy atom. The number of hydrogen-bond acceptors (Lipinski definition) is 10. The summed E-state index contributed by atoms with van der Waals surface area (Å²) in [6, 6.07) is -1.87. The van der Waals surface area contributed by atoms with Crippen molar-refractivity contribution in [3.63, 3.8) is 0 Å². The fourth-order valence-corrected chi connectivity index (χ4v) is 9.19. The summed E-state index contributed by atoms with van der Waals surface area (Å²) in [7, 11) is 2.56. The summed E-state index contributed by atoms with van der Waals surface area (Å²) >= 11 is 3.21. The normalized spacial score (nSPS) is 17.2. The van der Waals surface area contributed by atoms with Gasteiger partial charge in [0.15, 0.2) is 0 Å². The fraction of sp³-hybridized carbons (Fsp3) is 0.474. The predicted octanol–water partition coefficient (Wildman–Crippen LogP) is 6.41. The number of alkyl carbamates (subject to hydrolysis) is 2. The number of ether oxygens (including phenoxy) is 2. The molecule has 4 amide bonds. The number of fused-ring (bicyclic) bond motifs is 1. The lowest BCUT2D eigenvalue weighted by Crippen LogP contribution is -2.51. The van der Waals surface area contributed by atoms with Crippen LogP contribution < -0.4 is 10.6 Å². The van der Waals surface area contributed by atoms with Crippen molar-refractivity contribution in [3.05, 3.63) is 46.1 Å². The van der Waals surface area contributed by atoms with Crippen LogP contribution in [0.2, 0.25) is 0 Å². The van der Waals surface area contributed by atoms with Crippen LogP contribution in [0.15, 0.2) is 23.2 Å². The van der Waals surface area contributed by atoms with E-state index in [1.54, 1.807) is 38.7 Å². The van der Waals surface area contributed by atoms with Gasteiger partial charge in [-0.1, -0.05) is 33.6 Å². The third-order valence-corrected chi connectivity index (χ3v) is 11.9. The van der Waals surface area contributed by atoms with Crippen molar-refractivity contribution in [1.29, 1.82) is 0 Å². The Morgan fingerprint density at radius 1 is 0.768 bits per heavy atom. The van der Waals surface area contributed by atoms with Gasteiger partial charge in [0.2, 0.25) is 11.8 Å². The number of amides is 4. The molecule has 0 saturated carbocycles. The topological polar surface area (TPSA) is 175 Å². The van der Waals surface area contributed by atoms with E-state index in [1.165, 1.54) is 14.2 Å². The molecule has 4 atom stereocenters. The van der Waals surface area contributed by atoms with E-state index < -0.39 is 24.3 Å². The van der Waals surface area contributed by atoms with Crippen LogP contribution >= 0.6 is 47.5 Å². The predicted molar refractivity (Wildman–Crippen MR) is 220 cm³/mol. The van der Waals surface area contributed by atoms with Gasteiger partial charge in [0.25, 0.3) is 0 Å². The molecule has 2 saturated heterocycles. The van der Waals surface area contributed by atoms with Crippen LogP contribution in [0.1, 0.15) is 88.4 Å². The summed E-state index contributed by atoms with van der Waals surface area (Å²) in [5.74, 6) is 12.9. The molecule has 2 fully saturated rings. The quantitative estimate of drug-likeness (QED) is 0.140. The van der Waals surface area contributed by atoms with E-state index >= 15 is 0 Å². The van der Waals surface area contributed by atoms with Gasteiger partial charge in [0.05, 0.1) is 59.4 Å². The summed E-state index contributed by atoms with van der Waals surface area (Å²) in [4.78, 5) is 70.3. The van der Waals surface area contributed by atoms with Crippen LogP contribution in [0.5, 0.6) is 0 Å². The first-order valence-corrected chi connectivity index (χ1v) is 19.7. The lowest BCUT2D eigenvalue weighted by Gasteiger charge is -2.30. The zero-order valence-electron chi connectivity index (χ0n) is 31.9. The fourth-order valence-electron chi connectivity index (χ4n) is 6.89. The molecule has 6 rings (SSSR count). The Labute approximate surface area is 346 Å². The van der Waals surface area contributed by atoms with Gasteiger partial charge in [-0.2, -0.15) is 0 Å². The molecular weight excluding hydrogens is 800 g/mol. The molecule has 4 aromatic rings. The molecule has 4 N–H and O–H groups in total. The van der Waals surface area contributed by atoms with E-state index in [0.29, 0.717) is 30.4 Å². The van der Waals surface area contributed by atoms with Gasteiger partial charge in [0.1, 0.15) is 29.4 Å². The number of imidazole rings is 2. The Hall–Kier alpha value is -4.74. The summed E-state index contributed by atoms with van der Waals surface area (Å²) in [5, 5.41) is 9.46. The number of likely N-dealkylation sites (tertiary alicyclic amines) is 2. The van der Waals surface area contributed by atoms with Gasteiger partial charge in [-0.3, -0.25) is 9.59 Å². The van der Waals surface area contributed by atoms with Crippen molar-refractivity contribution in [3.8, 4) is 34.9 Å². The Bertz CT molecular complexity index is 2150. The minimum Gasteiger partial charge on any atom is -0.453 e. The largest absolute Gasteiger partial charge is 0.453 e. The minimum atomic E-state index is -0.704. The Morgan fingerprint density at radius 3 is 1.84 bits per heavy atom. The van der Waals surface area contributed by atoms with E-state index in [9.17, 15) is 19.2 Å². The highest BCUT2D eigenvalue weighted by Gasteiger charge is 2.39. The van der Waals surface area contributed by atoms with E-state index in [1.807, 2.05) is 39.3 Å². The number of nitrogens with zero attached hydrogens (tertiary/aromatic N) is 4. The van der Waals surface area contributed by atoms with Gasteiger partial charge in [-0.05, 0) is 55.3 Å². The zero-order valence-corrected chi connectivity index (χ0v) is 35.2. The molecule has 0 aromatic carbocycles. The highest BCUT2D eigenvalue weighted by molar-refractivity contribution is 7.27. The van der Waals surface area contributed by atoms with Crippen LogP contribution in [0, 0.1) is 35.5 Å². The Kier molecular flexibility index (Phi) is 15.2. The number of thiophene rings is 2. The number of carbonyl (C=O) groups is 4. The van der Waals surface area contributed by atoms with Crippen LogP contribution in [0.4, 0.5) is 9.59 Å². The highest BCUT2D eigenvalue weighted by Crippen LogP contribution is 2.40. The van der Waals surface area contributed by atoms with Gasteiger partial charge in [-0.25, -0.2) is 19.6 Å². The van der Waals surface area contributed by atoms with Gasteiger partial charge in [0, 0.05) is 29.4 Å². The number of aromatic amines is 2. The molecule has 4 unspecified atom stereocenters. The zero-order chi connectivity index (χ0) is 38.5. The van der Waals surface area contributed by atoms with E-state index in [2.05, 4.69) is 54.6 Å². The van der Waals surface area contributed by atoms with Crippen molar-refractivity contribution < 1.29 is 28.7 Å². The molecule has 18 heteroatoms. The molecule has 0 aliphatic carbocycles. The molecule has 300 valence electrons. The number of nitrogens with one attached hydrogen (secondary N) is 4. The van der Waals surface area contributed by atoms with Crippen LogP contribution in [-0.2, 0) is 19.1 Å². The van der Waals surface area contributed by atoms with E-state index in [0.717, 1.165) is 51.9 Å². The summed E-state index contributed by atoms with van der Waals surface area (Å²) in [6.45, 7) is 8.71. The first-order valence-electron chi connectivity index (χ1n) is 17.9. The average Bonchev–Trinajstić information content (AvgIpc) is 4.00. The number of hydrogen-bond donors (Lipinski definition) is 4. The Balaban J connectivity index is 0.00000348. The lowest BCUT2D eigenvalue weighted by molar-refractivity contribution is -0.136. The van der Waals surface area contributed by atoms with Gasteiger partial charge < -0.3 is 39.9 Å². The average molecular weight is 846 g/mol. The van der Waals surface area contributed by atoms with Crippen molar-refractivity contribution in [1.82, 2.24) is 40.4 Å². The third kappa shape index (κ3) is 9.44.